The maximum atomic E-state index is 11.0. The molecule has 0 aliphatic carbocycles. The smallest absolute Gasteiger partial charge is 0.302 e. The Morgan fingerprint density at radius 2 is 1.94 bits per heavy atom. The molecular weight excluding hydrogens is 440 g/mol. The SMILES string of the molecule is CC.CC(C)(O)O.CSc1ncnc(C)c(C2(O)CCC(COC(C)=O)O2)scc1C. The third-order valence-corrected chi connectivity index (χ3v) is 5.77. The zero-order chi connectivity index (χ0) is 24.2. The molecule has 10 heteroatoms. The molecule has 0 amide bonds. The number of nitrogens with zero attached hydrogens (tertiary/aromatic N) is 2. The van der Waals surface area contributed by atoms with Crippen LogP contribution in [0.25, 0.3) is 0 Å². The van der Waals surface area contributed by atoms with Gasteiger partial charge >= 0.3 is 5.97 Å². The number of thioether (sulfide) groups is 1. The zero-order valence-corrected chi connectivity index (χ0v) is 21.3. The second-order valence-electron chi connectivity index (χ2n) is 7.08. The van der Waals surface area contributed by atoms with Gasteiger partial charge in [0.1, 0.15) is 18.0 Å². The van der Waals surface area contributed by atoms with Gasteiger partial charge in [-0.1, -0.05) is 13.8 Å². The molecule has 2 rings (SSSR count). The van der Waals surface area contributed by atoms with E-state index >= 15 is 0 Å². The Kier molecular flexibility index (Phi) is 13.4. The number of hydrogen-bond donors (Lipinski definition) is 3. The highest BCUT2D eigenvalue weighted by Gasteiger charge is 2.42. The van der Waals surface area contributed by atoms with E-state index in [1.807, 2.05) is 39.3 Å². The number of esters is 1. The second kappa shape index (κ2) is 14.0. The van der Waals surface area contributed by atoms with Crippen molar-refractivity contribution in [3.05, 3.63) is 27.8 Å². The molecule has 0 radical (unpaired) electrons. The number of rotatable bonds is 4. The van der Waals surface area contributed by atoms with Crippen LogP contribution in [-0.4, -0.2) is 56.0 Å². The van der Waals surface area contributed by atoms with Crippen LogP contribution >= 0.6 is 23.1 Å². The molecule has 31 heavy (non-hydrogen) atoms. The Balaban J connectivity index is 0.00000113. The molecule has 1 aromatic rings. The van der Waals surface area contributed by atoms with Crippen molar-refractivity contribution in [2.24, 2.45) is 0 Å². The maximum absolute atomic E-state index is 11.0. The molecule has 178 valence electrons. The van der Waals surface area contributed by atoms with Crippen molar-refractivity contribution in [1.29, 1.82) is 0 Å². The van der Waals surface area contributed by atoms with Crippen molar-refractivity contribution in [3.63, 3.8) is 0 Å². The van der Waals surface area contributed by atoms with Crippen LogP contribution in [0.1, 0.15) is 63.6 Å². The van der Waals surface area contributed by atoms with E-state index in [4.69, 9.17) is 19.7 Å². The van der Waals surface area contributed by atoms with E-state index in [1.165, 1.54) is 38.4 Å². The van der Waals surface area contributed by atoms with E-state index in [1.54, 1.807) is 11.8 Å². The fourth-order valence-corrected chi connectivity index (χ4v) is 4.02. The summed E-state index contributed by atoms with van der Waals surface area (Å²) in [6, 6.07) is 0. The third-order valence-electron chi connectivity index (χ3n) is 3.63. The van der Waals surface area contributed by atoms with Crippen LogP contribution in [0.15, 0.2) is 16.7 Å². The van der Waals surface area contributed by atoms with Gasteiger partial charge in [0.25, 0.3) is 0 Å². The lowest BCUT2D eigenvalue weighted by Crippen LogP contribution is -2.28. The first-order valence-electron chi connectivity index (χ1n) is 10.0. The van der Waals surface area contributed by atoms with Crippen molar-refractivity contribution in [1.82, 2.24) is 9.97 Å². The van der Waals surface area contributed by atoms with E-state index < -0.39 is 11.6 Å². The van der Waals surface area contributed by atoms with E-state index in [0.717, 1.165) is 10.6 Å². The predicted molar refractivity (Wildman–Crippen MR) is 123 cm³/mol. The van der Waals surface area contributed by atoms with Crippen molar-refractivity contribution in [2.45, 2.75) is 84.0 Å². The molecule has 1 aliphatic heterocycles. The molecule has 0 aromatic carbocycles. The van der Waals surface area contributed by atoms with Crippen molar-refractivity contribution in [3.8, 4) is 0 Å². The van der Waals surface area contributed by atoms with Crippen LogP contribution in [0.5, 0.6) is 0 Å². The summed E-state index contributed by atoms with van der Waals surface area (Å²) in [5.41, 5.74) is 1.66. The molecule has 0 bridgehead atoms. The van der Waals surface area contributed by atoms with Gasteiger partial charge in [-0.2, -0.15) is 0 Å². The molecule has 1 saturated heterocycles. The van der Waals surface area contributed by atoms with Gasteiger partial charge in [0, 0.05) is 13.3 Å². The predicted octanol–water partition coefficient (Wildman–Crippen LogP) is 3.62. The van der Waals surface area contributed by atoms with E-state index in [-0.39, 0.29) is 18.7 Å². The van der Waals surface area contributed by atoms with Crippen LogP contribution in [0.4, 0.5) is 0 Å². The summed E-state index contributed by atoms with van der Waals surface area (Å²) in [6.45, 7) is 11.9. The summed E-state index contributed by atoms with van der Waals surface area (Å²) in [5.74, 6) is -3.27. The molecule has 0 spiro atoms. The number of aromatic nitrogens is 2. The molecule has 2 atom stereocenters. The van der Waals surface area contributed by atoms with Crippen LogP contribution < -0.4 is 0 Å². The number of ether oxygens (including phenoxy) is 2. The molecule has 1 aromatic heterocycles. The number of aliphatic hydroxyl groups is 3. The Morgan fingerprint density at radius 3 is 2.45 bits per heavy atom. The van der Waals surface area contributed by atoms with E-state index in [9.17, 15) is 9.90 Å². The fourth-order valence-electron chi connectivity index (χ4n) is 2.44. The molecule has 2 unspecified atom stereocenters. The second-order valence-corrected chi connectivity index (χ2v) is 8.75. The molecule has 8 nitrogen and oxygen atoms in total. The molecular formula is C21H36N2O6S2. The average molecular weight is 477 g/mol. The fraction of sp³-hybridized carbons (Fsp3) is 0.667. The summed E-state index contributed by atoms with van der Waals surface area (Å²) in [4.78, 5) is 20.2. The molecule has 3 N–H and O–H groups in total. The highest BCUT2D eigenvalue weighted by atomic mass is 32.2. The van der Waals surface area contributed by atoms with Crippen molar-refractivity contribution in [2.75, 3.05) is 12.9 Å². The third kappa shape index (κ3) is 11.8. The normalized spacial score (nSPS) is 19.9. The minimum Gasteiger partial charge on any atom is -0.463 e. The Morgan fingerprint density at radius 1 is 1.35 bits per heavy atom. The molecule has 1 fully saturated rings. The Bertz CT molecular complexity index is 744. The molecule has 0 saturated carbocycles. The number of carbonyl (C=O) groups is 1. The Hall–Kier alpha value is -1.30. The van der Waals surface area contributed by atoms with Gasteiger partial charge in [-0.3, -0.25) is 4.79 Å². The molecule has 2 heterocycles. The molecule has 1 aliphatic rings. The van der Waals surface area contributed by atoms with Gasteiger partial charge < -0.3 is 24.8 Å². The first kappa shape index (κ1) is 29.7. The van der Waals surface area contributed by atoms with Crippen molar-refractivity contribution >= 4 is 29.1 Å². The number of aryl methyl sites for hydroxylation is 2. The summed E-state index contributed by atoms with van der Waals surface area (Å²) in [5, 5.41) is 29.9. The first-order valence-corrected chi connectivity index (χ1v) is 12.1. The monoisotopic (exact) mass is 476 g/mol. The van der Waals surface area contributed by atoms with Crippen LogP contribution in [0, 0.1) is 13.8 Å². The summed E-state index contributed by atoms with van der Waals surface area (Å²) >= 11 is 2.94. The highest BCUT2D eigenvalue weighted by Crippen LogP contribution is 2.39. The summed E-state index contributed by atoms with van der Waals surface area (Å²) < 4.78 is 10.8. The Labute approximate surface area is 193 Å². The minimum atomic E-state index is -1.50. The van der Waals surface area contributed by atoms with Gasteiger partial charge in [-0.15, -0.1) is 23.1 Å². The number of hydrogen-bond acceptors (Lipinski definition) is 10. The van der Waals surface area contributed by atoms with E-state index in [2.05, 4.69) is 9.97 Å². The van der Waals surface area contributed by atoms with Gasteiger partial charge in [-0.05, 0) is 51.3 Å². The largest absolute Gasteiger partial charge is 0.463 e. The van der Waals surface area contributed by atoms with Crippen LogP contribution in [0.2, 0.25) is 0 Å². The topological polar surface area (TPSA) is 122 Å². The van der Waals surface area contributed by atoms with Gasteiger partial charge in [0.2, 0.25) is 5.79 Å². The highest BCUT2D eigenvalue weighted by molar-refractivity contribution is 7.98. The quantitative estimate of drug-likeness (QED) is 0.340. The standard InChI is InChI=1S/C16H22N2O4S2.C3H8O2.C2H6/c1-10-8-24-14(11(2)17-9-18-15(10)23-4)16(20)6-5-13(22-16)7-21-12(3)19;1-3(2,4)5;1-2/h8-9,13,20H,5-7H2,1-4H3;4-5H,1-2H3;1-2H3. The minimum absolute atomic E-state index is 0.145. The van der Waals surface area contributed by atoms with Gasteiger partial charge in [0.15, 0.2) is 5.79 Å². The van der Waals surface area contributed by atoms with Crippen LogP contribution in [-0.2, 0) is 20.1 Å². The number of carbonyl (C=O) groups excluding carboxylic acids is 1. The van der Waals surface area contributed by atoms with Gasteiger partial charge in [0.05, 0.1) is 16.7 Å². The lowest BCUT2D eigenvalue weighted by Gasteiger charge is -2.23. The summed E-state index contributed by atoms with van der Waals surface area (Å²) in [7, 11) is 0. The van der Waals surface area contributed by atoms with Crippen LogP contribution in [0.3, 0.4) is 0 Å². The average Bonchev–Trinajstić information content (AvgIpc) is 3.07. The van der Waals surface area contributed by atoms with E-state index in [0.29, 0.717) is 23.4 Å². The lowest BCUT2D eigenvalue weighted by atomic mass is 10.1. The maximum Gasteiger partial charge on any atom is 0.302 e. The zero-order valence-electron chi connectivity index (χ0n) is 19.6. The van der Waals surface area contributed by atoms with Crippen molar-refractivity contribution < 1.29 is 29.6 Å². The summed E-state index contributed by atoms with van der Waals surface area (Å²) in [6.07, 6.45) is 4.18. The van der Waals surface area contributed by atoms with Gasteiger partial charge in [-0.25, -0.2) is 9.97 Å². The first-order chi connectivity index (χ1) is 14.4. The lowest BCUT2D eigenvalue weighted by molar-refractivity contribution is -0.207.